The van der Waals surface area contributed by atoms with Crippen molar-refractivity contribution in [3.63, 3.8) is 0 Å². The summed E-state index contributed by atoms with van der Waals surface area (Å²) in [5.41, 5.74) is -0.817. The summed E-state index contributed by atoms with van der Waals surface area (Å²) in [5.74, 6) is 0.257. The third-order valence-electron chi connectivity index (χ3n) is 4.38. The normalized spacial score (nSPS) is 16.9. The van der Waals surface area contributed by atoms with Crippen LogP contribution in [0.3, 0.4) is 0 Å². The van der Waals surface area contributed by atoms with Crippen LogP contribution in [-0.2, 0) is 12.7 Å². The number of nitrogens with zero attached hydrogens (tertiary/aromatic N) is 2. The van der Waals surface area contributed by atoms with E-state index < -0.39 is 11.7 Å². The molecule has 1 aromatic carbocycles. The highest BCUT2D eigenvalue weighted by atomic mass is 19.4. The van der Waals surface area contributed by atoms with E-state index in [-0.39, 0.29) is 17.5 Å². The topological polar surface area (TPSA) is 50.3 Å². The number of imidazole rings is 1. The van der Waals surface area contributed by atoms with Gasteiger partial charge in [-0.1, -0.05) is 6.07 Å². The first-order chi connectivity index (χ1) is 11.9. The number of ether oxygens (including phenoxy) is 1. The highest BCUT2D eigenvalue weighted by Crippen LogP contribution is 2.32. The number of nitrogens with one attached hydrogen (secondary N) is 1. The molecule has 1 aromatic heterocycles. The van der Waals surface area contributed by atoms with Gasteiger partial charge < -0.3 is 14.6 Å². The smallest absolute Gasteiger partial charge is 0.416 e. The van der Waals surface area contributed by atoms with Crippen LogP contribution in [0.5, 0.6) is 5.75 Å². The summed E-state index contributed by atoms with van der Waals surface area (Å²) in [6.07, 6.45) is 0.369. The first-order valence-corrected chi connectivity index (χ1v) is 8.22. The SMILES string of the molecule is O=c1[nH]ccn1CCN1CCC(Oc2cccc(C(F)(F)F)c2)CC1. The summed E-state index contributed by atoms with van der Waals surface area (Å²) in [7, 11) is 0. The van der Waals surface area contributed by atoms with Crippen molar-refractivity contribution >= 4 is 0 Å². The van der Waals surface area contributed by atoms with E-state index in [4.69, 9.17) is 4.74 Å². The molecule has 136 valence electrons. The largest absolute Gasteiger partial charge is 0.490 e. The van der Waals surface area contributed by atoms with Crippen molar-refractivity contribution < 1.29 is 17.9 Å². The number of benzene rings is 1. The lowest BCUT2D eigenvalue weighted by molar-refractivity contribution is -0.137. The van der Waals surface area contributed by atoms with Gasteiger partial charge in [-0.25, -0.2) is 4.79 Å². The lowest BCUT2D eigenvalue weighted by Crippen LogP contribution is -2.40. The molecule has 25 heavy (non-hydrogen) atoms. The van der Waals surface area contributed by atoms with Gasteiger partial charge in [-0.05, 0) is 31.0 Å². The summed E-state index contributed by atoms with van der Waals surface area (Å²) in [6.45, 7) is 2.96. The maximum absolute atomic E-state index is 12.7. The molecule has 2 aromatic rings. The van der Waals surface area contributed by atoms with Crippen molar-refractivity contribution in [3.8, 4) is 5.75 Å². The number of hydrogen-bond acceptors (Lipinski definition) is 3. The Labute approximate surface area is 143 Å². The van der Waals surface area contributed by atoms with Gasteiger partial charge >= 0.3 is 11.9 Å². The van der Waals surface area contributed by atoms with Gasteiger partial charge in [-0.3, -0.25) is 4.57 Å². The van der Waals surface area contributed by atoms with Gasteiger partial charge in [0.25, 0.3) is 0 Å². The summed E-state index contributed by atoms with van der Waals surface area (Å²) in [6, 6.07) is 5.00. The zero-order valence-electron chi connectivity index (χ0n) is 13.6. The third-order valence-corrected chi connectivity index (χ3v) is 4.38. The van der Waals surface area contributed by atoms with Crippen LogP contribution in [0.15, 0.2) is 41.5 Å². The minimum absolute atomic E-state index is 0.0882. The number of rotatable bonds is 5. The molecule has 1 fully saturated rings. The second-order valence-electron chi connectivity index (χ2n) is 6.14. The molecule has 0 saturated carbocycles. The standard InChI is InChI=1S/C17H20F3N3O2/c18-17(19,20)13-2-1-3-15(12-13)25-14-4-7-22(8-5-14)10-11-23-9-6-21-16(23)24/h1-3,6,9,12,14H,4-5,7-8,10-11H2,(H,21,24). The molecule has 1 aliphatic heterocycles. The number of alkyl halides is 3. The van der Waals surface area contributed by atoms with E-state index >= 15 is 0 Å². The summed E-state index contributed by atoms with van der Waals surface area (Å²) < 4.78 is 45.6. The van der Waals surface area contributed by atoms with Crippen LogP contribution in [0.4, 0.5) is 13.2 Å². The fourth-order valence-corrected chi connectivity index (χ4v) is 2.96. The van der Waals surface area contributed by atoms with Crippen molar-refractivity contribution in [1.29, 1.82) is 0 Å². The zero-order valence-corrected chi connectivity index (χ0v) is 13.6. The van der Waals surface area contributed by atoms with E-state index in [1.807, 2.05) is 0 Å². The second-order valence-corrected chi connectivity index (χ2v) is 6.14. The number of halogens is 3. The number of piperidine rings is 1. The Balaban J connectivity index is 1.48. The molecule has 0 radical (unpaired) electrons. The number of hydrogen-bond donors (Lipinski definition) is 1. The van der Waals surface area contributed by atoms with Gasteiger partial charge in [0, 0.05) is 38.6 Å². The molecule has 0 aliphatic carbocycles. The minimum atomic E-state index is -4.36. The van der Waals surface area contributed by atoms with Gasteiger partial charge in [-0.15, -0.1) is 0 Å². The Morgan fingerprint density at radius 1 is 1.20 bits per heavy atom. The summed E-state index contributed by atoms with van der Waals surface area (Å²) in [4.78, 5) is 16.3. The monoisotopic (exact) mass is 355 g/mol. The highest BCUT2D eigenvalue weighted by Gasteiger charge is 2.31. The van der Waals surface area contributed by atoms with Crippen LogP contribution in [0.1, 0.15) is 18.4 Å². The first kappa shape index (κ1) is 17.6. The molecule has 1 N–H and O–H groups in total. The predicted octanol–water partition coefficient (Wildman–Crippen LogP) is 2.74. The number of H-pyrrole nitrogens is 1. The lowest BCUT2D eigenvalue weighted by Gasteiger charge is -2.32. The van der Waals surface area contributed by atoms with Crippen LogP contribution >= 0.6 is 0 Å². The number of likely N-dealkylation sites (tertiary alicyclic amines) is 1. The van der Waals surface area contributed by atoms with Crippen LogP contribution in [-0.4, -0.2) is 40.2 Å². The molecule has 2 heterocycles. The fourth-order valence-electron chi connectivity index (χ4n) is 2.96. The maximum Gasteiger partial charge on any atom is 0.416 e. The molecule has 0 atom stereocenters. The molecule has 1 saturated heterocycles. The highest BCUT2D eigenvalue weighted by molar-refractivity contribution is 5.30. The van der Waals surface area contributed by atoms with E-state index in [2.05, 4.69) is 9.88 Å². The maximum atomic E-state index is 12.7. The molecule has 0 unspecified atom stereocenters. The van der Waals surface area contributed by atoms with Crippen molar-refractivity contribution in [3.05, 3.63) is 52.7 Å². The van der Waals surface area contributed by atoms with Gasteiger partial charge in [0.2, 0.25) is 0 Å². The Kier molecular flexibility index (Phi) is 5.17. The average Bonchev–Trinajstić information content (AvgIpc) is 2.99. The van der Waals surface area contributed by atoms with Crippen molar-refractivity contribution in [2.45, 2.75) is 31.7 Å². The predicted molar refractivity (Wildman–Crippen MR) is 86.6 cm³/mol. The number of aromatic nitrogens is 2. The van der Waals surface area contributed by atoms with Gasteiger partial charge in [-0.2, -0.15) is 13.2 Å². The van der Waals surface area contributed by atoms with Crippen molar-refractivity contribution in [2.24, 2.45) is 0 Å². The fraction of sp³-hybridized carbons (Fsp3) is 0.471. The Bertz CT molecular complexity index is 746. The van der Waals surface area contributed by atoms with E-state index in [1.165, 1.54) is 6.07 Å². The third kappa shape index (κ3) is 4.66. The van der Waals surface area contributed by atoms with E-state index in [0.717, 1.165) is 44.6 Å². The van der Waals surface area contributed by atoms with Crippen LogP contribution in [0.25, 0.3) is 0 Å². The van der Waals surface area contributed by atoms with Crippen molar-refractivity contribution in [1.82, 2.24) is 14.5 Å². The Morgan fingerprint density at radius 3 is 2.60 bits per heavy atom. The quantitative estimate of drug-likeness (QED) is 0.897. The van der Waals surface area contributed by atoms with E-state index in [9.17, 15) is 18.0 Å². The molecule has 3 rings (SSSR count). The van der Waals surface area contributed by atoms with E-state index in [0.29, 0.717) is 6.54 Å². The Hall–Kier alpha value is -2.22. The van der Waals surface area contributed by atoms with Gasteiger partial charge in [0.05, 0.1) is 5.56 Å². The second kappa shape index (κ2) is 7.35. The molecular weight excluding hydrogens is 335 g/mol. The van der Waals surface area contributed by atoms with Gasteiger partial charge in [0.1, 0.15) is 11.9 Å². The molecular formula is C17H20F3N3O2. The number of aromatic amines is 1. The molecule has 0 amide bonds. The molecule has 1 aliphatic rings. The Morgan fingerprint density at radius 2 is 1.96 bits per heavy atom. The van der Waals surface area contributed by atoms with Crippen LogP contribution in [0.2, 0.25) is 0 Å². The molecule has 0 bridgehead atoms. The minimum Gasteiger partial charge on any atom is -0.490 e. The van der Waals surface area contributed by atoms with Gasteiger partial charge in [0.15, 0.2) is 0 Å². The summed E-state index contributed by atoms with van der Waals surface area (Å²) in [5, 5.41) is 0. The zero-order chi connectivity index (χ0) is 17.9. The molecule has 0 spiro atoms. The van der Waals surface area contributed by atoms with E-state index in [1.54, 1.807) is 23.0 Å². The summed E-state index contributed by atoms with van der Waals surface area (Å²) >= 11 is 0. The molecule has 5 nitrogen and oxygen atoms in total. The average molecular weight is 355 g/mol. The van der Waals surface area contributed by atoms with Crippen LogP contribution < -0.4 is 10.4 Å². The van der Waals surface area contributed by atoms with Crippen LogP contribution in [0, 0.1) is 0 Å². The lowest BCUT2D eigenvalue weighted by atomic mass is 10.1. The molecule has 8 heteroatoms. The first-order valence-electron chi connectivity index (χ1n) is 8.22. The van der Waals surface area contributed by atoms with Crippen molar-refractivity contribution in [2.75, 3.05) is 19.6 Å².